The minimum absolute atomic E-state index is 0.538. The van der Waals surface area contributed by atoms with Crippen LogP contribution in [0.15, 0.2) is 29.7 Å². The lowest BCUT2D eigenvalue weighted by Gasteiger charge is -2.18. The third-order valence-corrected chi connectivity index (χ3v) is 5.52. The van der Waals surface area contributed by atoms with Gasteiger partial charge in [-0.3, -0.25) is 8.61 Å². The fourth-order valence-electron chi connectivity index (χ4n) is 3.25. The van der Waals surface area contributed by atoms with Crippen LogP contribution in [0.4, 0.5) is 0 Å². The standard InChI is InChI=1S/C17H22N6OS.C2H6/c1-21-9-13(10-22(21)2)15-8-19-16-17(25(3)24)20-14(11-23(15)16)12-5-4-6-18-7-12;1-2/h5,8-9,11,18H,4,6-7,10H2,1-3H3;1-2H3. The Balaban J connectivity index is 0.00000102. The quantitative estimate of drug-likeness (QED) is 0.868. The van der Waals surface area contributed by atoms with E-state index >= 15 is 0 Å². The molecule has 2 aromatic heterocycles. The molecule has 0 aliphatic carbocycles. The van der Waals surface area contributed by atoms with Crippen LogP contribution < -0.4 is 5.32 Å². The van der Waals surface area contributed by atoms with Gasteiger partial charge >= 0.3 is 0 Å². The molecule has 2 aliphatic rings. The first kappa shape index (κ1) is 19.7. The van der Waals surface area contributed by atoms with E-state index in [1.807, 2.05) is 44.7 Å². The van der Waals surface area contributed by atoms with Gasteiger partial charge in [0.05, 0.1) is 28.4 Å². The Morgan fingerprint density at radius 3 is 2.59 bits per heavy atom. The summed E-state index contributed by atoms with van der Waals surface area (Å²) in [5.41, 5.74) is 4.88. The number of hydrogen-bond donors (Lipinski definition) is 1. The molecule has 0 amide bonds. The van der Waals surface area contributed by atoms with Crippen LogP contribution in [0.2, 0.25) is 0 Å². The largest absolute Gasteiger partial charge is 0.316 e. The molecule has 0 bridgehead atoms. The lowest BCUT2D eigenvalue weighted by molar-refractivity contribution is 0.118. The highest BCUT2D eigenvalue weighted by Crippen LogP contribution is 2.26. The van der Waals surface area contributed by atoms with Gasteiger partial charge in [-0.2, -0.15) is 0 Å². The van der Waals surface area contributed by atoms with Crippen molar-refractivity contribution in [2.75, 3.05) is 40.0 Å². The van der Waals surface area contributed by atoms with Gasteiger partial charge in [0.1, 0.15) is 0 Å². The molecule has 4 heterocycles. The summed E-state index contributed by atoms with van der Waals surface area (Å²) in [6, 6.07) is 0. The molecule has 0 radical (unpaired) electrons. The van der Waals surface area contributed by atoms with Crippen LogP contribution in [0, 0.1) is 0 Å². The van der Waals surface area contributed by atoms with E-state index in [0.29, 0.717) is 10.7 Å². The Morgan fingerprint density at radius 1 is 1.22 bits per heavy atom. The molecule has 7 nitrogen and oxygen atoms in total. The fourth-order valence-corrected chi connectivity index (χ4v) is 3.89. The molecule has 27 heavy (non-hydrogen) atoms. The lowest BCUT2D eigenvalue weighted by Crippen LogP contribution is -2.27. The number of imidazole rings is 1. The van der Waals surface area contributed by atoms with E-state index in [9.17, 15) is 4.21 Å². The average molecular weight is 389 g/mol. The molecule has 2 aliphatic heterocycles. The molecule has 146 valence electrons. The molecule has 1 atom stereocenters. The van der Waals surface area contributed by atoms with Crippen LogP contribution in [0.3, 0.4) is 0 Å². The van der Waals surface area contributed by atoms with E-state index < -0.39 is 10.8 Å². The maximum atomic E-state index is 12.3. The second-order valence-corrected chi connectivity index (χ2v) is 7.76. The lowest BCUT2D eigenvalue weighted by atomic mass is 10.1. The molecule has 8 heteroatoms. The predicted molar refractivity (Wildman–Crippen MR) is 111 cm³/mol. The van der Waals surface area contributed by atoms with Gasteiger partial charge in [0.25, 0.3) is 0 Å². The van der Waals surface area contributed by atoms with Crippen LogP contribution >= 0.6 is 0 Å². The van der Waals surface area contributed by atoms with Crippen LogP contribution in [0.5, 0.6) is 0 Å². The summed E-state index contributed by atoms with van der Waals surface area (Å²) in [5.74, 6) is 0. The number of hydrogen-bond acceptors (Lipinski definition) is 6. The molecule has 1 unspecified atom stereocenters. The molecular weight excluding hydrogens is 360 g/mol. The van der Waals surface area contributed by atoms with E-state index in [2.05, 4.69) is 37.6 Å². The smallest absolute Gasteiger partial charge is 0.172 e. The normalized spacial score (nSPS) is 18.8. The van der Waals surface area contributed by atoms with Crippen molar-refractivity contribution in [2.45, 2.75) is 25.3 Å². The van der Waals surface area contributed by atoms with Gasteiger partial charge in [0.15, 0.2) is 10.7 Å². The zero-order valence-electron chi connectivity index (χ0n) is 16.7. The molecule has 2 aromatic rings. The van der Waals surface area contributed by atoms with Crippen molar-refractivity contribution in [3.05, 3.63) is 36.1 Å². The molecule has 0 aromatic carbocycles. The Bertz CT molecular complexity index is 916. The van der Waals surface area contributed by atoms with Crippen LogP contribution in [-0.4, -0.2) is 68.6 Å². The number of likely N-dealkylation sites (N-methyl/N-ethyl adjacent to an activating group) is 1. The summed E-state index contributed by atoms with van der Waals surface area (Å²) >= 11 is 0. The van der Waals surface area contributed by atoms with Gasteiger partial charge in [-0.05, 0) is 18.5 Å². The molecule has 4 rings (SSSR count). The number of rotatable bonds is 3. The minimum atomic E-state index is -1.20. The summed E-state index contributed by atoms with van der Waals surface area (Å²) in [6.07, 6.45) is 10.8. The maximum absolute atomic E-state index is 12.3. The molecular formula is C19H28N6OS. The SMILES string of the molecule is CC.CN1C=C(c2cnc3c(S(C)=O)nc(C4=CCCNC4)cn23)CN1C. The van der Waals surface area contributed by atoms with Crippen molar-refractivity contribution >= 4 is 27.6 Å². The number of nitrogens with one attached hydrogen (secondary N) is 1. The van der Waals surface area contributed by atoms with Gasteiger partial charge in [0, 0.05) is 51.4 Å². The Kier molecular flexibility index (Phi) is 6.08. The second-order valence-electron chi connectivity index (χ2n) is 6.46. The van der Waals surface area contributed by atoms with Gasteiger partial charge in [-0.25, -0.2) is 15.0 Å². The Hall–Kier alpha value is -2.03. The summed E-state index contributed by atoms with van der Waals surface area (Å²) in [6.45, 7) is 6.59. The van der Waals surface area contributed by atoms with Crippen molar-refractivity contribution in [3.63, 3.8) is 0 Å². The monoisotopic (exact) mass is 388 g/mol. The molecule has 0 spiro atoms. The molecule has 1 N–H and O–H groups in total. The van der Waals surface area contributed by atoms with Gasteiger partial charge in [-0.1, -0.05) is 19.9 Å². The third-order valence-electron chi connectivity index (χ3n) is 4.70. The Labute approximate surface area is 163 Å². The highest BCUT2D eigenvalue weighted by Gasteiger charge is 2.22. The summed E-state index contributed by atoms with van der Waals surface area (Å²) in [4.78, 5) is 9.18. The number of hydrazine groups is 1. The summed E-state index contributed by atoms with van der Waals surface area (Å²) in [7, 11) is 2.87. The fraction of sp³-hybridized carbons (Fsp3) is 0.474. The molecule has 0 saturated carbocycles. The predicted octanol–water partition coefficient (Wildman–Crippen LogP) is 2.00. The maximum Gasteiger partial charge on any atom is 0.172 e. The third kappa shape index (κ3) is 3.83. The highest BCUT2D eigenvalue weighted by atomic mass is 32.2. The van der Waals surface area contributed by atoms with E-state index in [1.54, 1.807) is 6.26 Å². The minimum Gasteiger partial charge on any atom is -0.316 e. The first-order chi connectivity index (χ1) is 13.0. The van der Waals surface area contributed by atoms with Crippen molar-refractivity contribution < 1.29 is 4.21 Å². The topological polar surface area (TPSA) is 65.8 Å². The van der Waals surface area contributed by atoms with Crippen molar-refractivity contribution in [2.24, 2.45) is 0 Å². The van der Waals surface area contributed by atoms with Crippen LogP contribution in [0.1, 0.15) is 31.7 Å². The number of aromatic nitrogens is 3. The average Bonchev–Trinajstić information content (AvgIpc) is 3.26. The van der Waals surface area contributed by atoms with E-state index in [-0.39, 0.29) is 0 Å². The zero-order valence-corrected chi connectivity index (χ0v) is 17.5. The Morgan fingerprint density at radius 2 is 2.00 bits per heavy atom. The molecule has 0 fully saturated rings. The zero-order chi connectivity index (χ0) is 19.6. The summed E-state index contributed by atoms with van der Waals surface area (Å²) < 4.78 is 14.3. The first-order valence-electron chi connectivity index (χ1n) is 9.31. The van der Waals surface area contributed by atoms with Crippen molar-refractivity contribution in [1.29, 1.82) is 0 Å². The second kappa shape index (κ2) is 8.33. The number of fused-ring (bicyclic) bond motifs is 1. The first-order valence-corrected chi connectivity index (χ1v) is 10.9. The van der Waals surface area contributed by atoms with Gasteiger partial charge in [0.2, 0.25) is 0 Å². The molecule has 0 saturated heterocycles. The van der Waals surface area contributed by atoms with Crippen molar-refractivity contribution in [1.82, 2.24) is 29.7 Å². The van der Waals surface area contributed by atoms with E-state index in [0.717, 1.165) is 43.0 Å². The van der Waals surface area contributed by atoms with Crippen LogP contribution in [0.25, 0.3) is 16.8 Å². The van der Waals surface area contributed by atoms with E-state index in [4.69, 9.17) is 0 Å². The van der Waals surface area contributed by atoms with E-state index in [1.165, 1.54) is 5.57 Å². The van der Waals surface area contributed by atoms with Gasteiger partial charge < -0.3 is 10.3 Å². The van der Waals surface area contributed by atoms with Crippen LogP contribution in [-0.2, 0) is 10.8 Å². The van der Waals surface area contributed by atoms with Crippen molar-refractivity contribution in [3.8, 4) is 0 Å². The highest BCUT2D eigenvalue weighted by molar-refractivity contribution is 7.84. The summed E-state index contributed by atoms with van der Waals surface area (Å²) in [5, 5.41) is 8.10. The number of nitrogens with zero attached hydrogens (tertiary/aromatic N) is 5. The van der Waals surface area contributed by atoms with Gasteiger partial charge in [-0.15, -0.1) is 0 Å².